The van der Waals surface area contributed by atoms with Gasteiger partial charge in [0.15, 0.2) is 0 Å². The van der Waals surface area contributed by atoms with Crippen LogP contribution in [-0.4, -0.2) is 41.4 Å². The minimum Gasteiger partial charge on any atom is -0.356 e. The van der Waals surface area contributed by atoms with Gasteiger partial charge in [0.25, 0.3) is 5.91 Å². The lowest BCUT2D eigenvalue weighted by Gasteiger charge is -2.15. The SMILES string of the molecule is CC1(C)NC(=O)N(CCCC(=O)NCCc2ccc(Cl)cc2)C1=O. The summed E-state index contributed by atoms with van der Waals surface area (Å²) in [5.41, 5.74) is 0.235. The number of halogens is 1. The van der Waals surface area contributed by atoms with E-state index in [4.69, 9.17) is 11.6 Å². The molecular weight excluding hydrogens is 330 g/mol. The first kappa shape index (κ1) is 18.3. The molecular formula is C17H22ClN3O3. The summed E-state index contributed by atoms with van der Waals surface area (Å²) in [6.45, 7) is 4.11. The Balaban J connectivity index is 1.66. The summed E-state index contributed by atoms with van der Waals surface area (Å²) in [5.74, 6) is -0.342. The number of benzene rings is 1. The van der Waals surface area contributed by atoms with E-state index in [0.29, 0.717) is 18.0 Å². The molecule has 1 aliphatic rings. The van der Waals surface area contributed by atoms with E-state index in [9.17, 15) is 14.4 Å². The third-order valence-electron chi connectivity index (χ3n) is 3.88. The van der Waals surface area contributed by atoms with Crippen LogP contribution in [0, 0.1) is 0 Å². The predicted octanol–water partition coefficient (Wildman–Crippen LogP) is 2.11. The van der Waals surface area contributed by atoms with E-state index in [1.165, 1.54) is 4.90 Å². The minimum atomic E-state index is -0.863. The first-order chi connectivity index (χ1) is 11.3. The predicted molar refractivity (Wildman–Crippen MR) is 91.7 cm³/mol. The minimum absolute atomic E-state index is 0.0877. The Morgan fingerprint density at radius 2 is 1.92 bits per heavy atom. The zero-order chi connectivity index (χ0) is 17.7. The molecule has 0 aliphatic carbocycles. The van der Waals surface area contributed by atoms with Crippen LogP contribution in [0.1, 0.15) is 32.3 Å². The van der Waals surface area contributed by atoms with Crippen LogP contribution in [-0.2, 0) is 16.0 Å². The fourth-order valence-corrected chi connectivity index (χ4v) is 2.63. The maximum Gasteiger partial charge on any atom is 0.325 e. The summed E-state index contributed by atoms with van der Waals surface area (Å²) >= 11 is 5.82. The zero-order valence-corrected chi connectivity index (χ0v) is 14.7. The fourth-order valence-electron chi connectivity index (χ4n) is 2.50. The van der Waals surface area contributed by atoms with Gasteiger partial charge in [0.05, 0.1) is 0 Å². The second-order valence-electron chi connectivity index (χ2n) is 6.34. The number of urea groups is 1. The third kappa shape index (κ3) is 4.71. The van der Waals surface area contributed by atoms with Gasteiger partial charge in [-0.25, -0.2) is 4.79 Å². The normalized spacial score (nSPS) is 16.2. The number of carbonyl (C=O) groups excluding carboxylic acids is 3. The lowest BCUT2D eigenvalue weighted by molar-refractivity contribution is -0.130. The van der Waals surface area contributed by atoms with Crippen molar-refractivity contribution in [1.82, 2.24) is 15.5 Å². The van der Waals surface area contributed by atoms with Gasteiger partial charge in [0.2, 0.25) is 5.91 Å². The summed E-state index contributed by atoms with van der Waals surface area (Å²) in [4.78, 5) is 36.7. The topological polar surface area (TPSA) is 78.5 Å². The van der Waals surface area contributed by atoms with Crippen LogP contribution >= 0.6 is 11.6 Å². The molecule has 4 amide bonds. The summed E-state index contributed by atoms with van der Waals surface area (Å²) in [6, 6.07) is 7.09. The smallest absolute Gasteiger partial charge is 0.325 e. The van der Waals surface area contributed by atoms with Crippen molar-refractivity contribution in [3.8, 4) is 0 Å². The highest BCUT2D eigenvalue weighted by Crippen LogP contribution is 2.17. The molecule has 0 radical (unpaired) electrons. The number of nitrogens with zero attached hydrogens (tertiary/aromatic N) is 1. The van der Waals surface area contributed by atoms with Crippen molar-refractivity contribution < 1.29 is 14.4 Å². The number of hydrogen-bond acceptors (Lipinski definition) is 3. The molecule has 24 heavy (non-hydrogen) atoms. The van der Waals surface area contributed by atoms with Crippen molar-refractivity contribution in [2.24, 2.45) is 0 Å². The molecule has 7 heteroatoms. The molecule has 0 bridgehead atoms. The largest absolute Gasteiger partial charge is 0.356 e. The maximum atomic E-state index is 12.0. The summed E-state index contributed by atoms with van der Waals surface area (Å²) in [5, 5.41) is 6.14. The molecule has 1 saturated heterocycles. The molecule has 2 N–H and O–H groups in total. The number of carbonyl (C=O) groups is 3. The van der Waals surface area contributed by atoms with Crippen molar-refractivity contribution in [3.63, 3.8) is 0 Å². The lowest BCUT2D eigenvalue weighted by atomic mass is 10.1. The van der Waals surface area contributed by atoms with Crippen LogP contribution in [0.25, 0.3) is 0 Å². The van der Waals surface area contributed by atoms with Gasteiger partial charge >= 0.3 is 6.03 Å². The van der Waals surface area contributed by atoms with Crippen LogP contribution in [0.3, 0.4) is 0 Å². The Kier molecular flexibility index (Phi) is 5.83. The Morgan fingerprint density at radius 3 is 2.50 bits per heavy atom. The van der Waals surface area contributed by atoms with Crippen LogP contribution in [0.2, 0.25) is 5.02 Å². The van der Waals surface area contributed by atoms with Crippen molar-refractivity contribution in [2.45, 2.75) is 38.6 Å². The van der Waals surface area contributed by atoms with Crippen molar-refractivity contribution in [1.29, 1.82) is 0 Å². The zero-order valence-electron chi connectivity index (χ0n) is 13.9. The van der Waals surface area contributed by atoms with Crippen LogP contribution in [0.5, 0.6) is 0 Å². The Hall–Kier alpha value is -2.08. The van der Waals surface area contributed by atoms with E-state index < -0.39 is 11.6 Å². The Bertz CT molecular complexity index is 628. The molecule has 1 heterocycles. The van der Waals surface area contributed by atoms with Crippen LogP contribution in [0.15, 0.2) is 24.3 Å². The van der Waals surface area contributed by atoms with Crippen LogP contribution < -0.4 is 10.6 Å². The van der Waals surface area contributed by atoms with Gasteiger partial charge < -0.3 is 10.6 Å². The maximum absolute atomic E-state index is 12.0. The summed E-state index contributed by atoms with van der Waals surface area (Å²) < 4.78 is 0. The van der Waals surface area contributed by atoms with Gasteiger partial charge in [-0.3, -0.25) is 14.5 Å². The Labute approximate surface area is 146 Å². The van der Waals surface area contributed by atoms with Gasteiger partial charge in [0, 0.05) is 24.5 Å². The second-order valence-corrected chi connectivity index (χ2v) is 6.78. The van der Waals surface area contributed by atoms with Gasteiger partial charge in [0.1, 0.15) is 5.54 Å². The van der Waals surface area contributed by atoms with Gasteiger partial charge in [-0.2, -0.15) is 0 Å². The molecule has 6 nitrogen and oxygen atoms in total. The van der Waals surface area contributed by atoms with E-state index >= 15 is 0 Å². The van der Waals surface area contributed by atoms with E-state index in [1.807, 2.05) is 24.3 Å². The highest BCUT2D eigenvalue weighted by molar-refractivity contribution is 6.30. The van der Waals surface area contributed by atoms with Gasteiger partial charge in [-0.1, -0.05) is 23.7 Å². The quantitative estimate of drug-likeness (QED) is 0.738. The van der Waals surface area contributed by atoms with Gasteiger partial charge in [-0.05, 0) is 44.4 Å². The summed E-state index contributed by atoms with van der Waals surface area (Å²) in [7, 11) is 0. The van der Waals surface area contributed by atoms with E-state index in [0.717, 1.165) is 12.0 Å². The van der Waals surface area contributed by atoms with Gasteiger partial charge in [-0.15, -0.1) is 0 Å². The average Bonchev–Trinajstić information content (AvgIpc) is 2.71. The number of amides is 4. The fraction of sp³-hybridized carbons (Fsp3) is 0.471. The molecule has 2 rings (SSSR count). The Morgan fingerprint density at radius 1 is 1.25 bits per heavy atom. The van der Waals surface area contributed by atoms with Crippen molar-refractivity contribution >= 4 is 29.4 Å². The number of nitrogens with one attached hydrogen (secondary N) is 2. The molecule has 0 spiro atoms. The molecule has 0 saturated carbocycles. The average molecular weight is 352 g/mol. The molecule has 1 fully saturated rings. The number of imide groups is 1. The first-order valence-electron chi connectivity index (χ1n) is 7.95. The van der Waals surface area contributed by atoms with E-state index in [1.54, 1.807) is 13.8 Å². The molecule has 0 atom stereocenters. The molecule has 0 aromatic heterocycles. The molecule has 130 valence electrons. The standard InChI is InChI=1S/C17H22ClN3O3/c1-17(2)15(23)21(16(24)20-17)11-3-4-14(22)19-10-9-12-5-7-13(18)8-6-12/h5-8H,3-4,9-11H2,1-2H3,(H,19,22)(H,20,24). The molecule has 0 unspecified atom stereocenters. The third-order valence-corrected chi connectivity index (χ3v) is 4.13. The molecule has 1 aromatic rings. The molecule has 1 aromatic carbocycles. The highest BCUT2D eigenvalue weighted by atomic mass is 35.5. The monoisotopic (exact) mass is 351 g/mol. The van der Waals surface area contributed by atoms with Crippen molar-refractivity contribution in [2.75, 3.05) is 13.1 Å². The highest BCUT2D eigenvalue weighted by Gasteiger charge is 2.43. The first-order valence-corrected chi connectivity index (χ1v) is 8.32. The number of hydrogen-bond donors (Lipinski definition) is 2. The van der Waals surface area contributed by atoms with E-state index in [2.05, 4.69) is 10.6 Å². The number of rotatable bonds is 7. The second kappa shape index (κ2) is 7.66. The molecule has 1 aliphatic heterocycles. The lowest BCUT2D eigenvalue weighted by Crippen LogP contribution is -2.40. The van der Waals surface area contributed by atoms with E-state index in [-0.39, 0.29) is 24.8 Å². The summed E-state index contributed by atoms with van der Waals surface area (Å²) in [6.07, 6.45) is 1.45. The van der Waals surface area contributed by atoms with Crippen molar-refractivity contribution in [3.05, 3.63) is 34.9 Å². The van der Waals surface area contributed by atoms with Crippen LogP contribution in [0.4, 0.5) is 4.79 Å².